The summed E-state index contributed by atoms with van der Waals surface area (Å²) in [6.45, 7) is 4.61. The van der Waals surface area contributed by atoms with Crippen LogP contribution in [0.5, 0.6) is 0 Å². The maximum Gasteiger partial charge on any atom is 0.171 e. The minimum atomic E-state index is 0.528. The Morgan fingerprint density at radius 1 is 1.18 bits per heavy atom. The van der Waals surface area contributed by atoms with E-state index in [1.165, 1.54) is 0 Å². The monoisotopic (exact) mass is 353 g/mol. The molecule has 1 aromatic carbocycles. The molecule has 0 atom stereocenters. The fourth-order valence-electron chi connectivity index (χ4n) is 2.14. The van der Waals surface area contributed by atoms with Crippen LogP contribution in [0.4, 0.5) is 5.82 Å². The second-order valence-electron chi connectivity index (χ2n) is 5.00. The second kappa shape index (κ2) is 7.77. The molecule has 1 heterocycles. The van der Waals surface area contributed by atoms with Crippen molar-refractivity contribution in [3.63, 3.8) is 0 Å². The Morgan fingerprint density at radius 2 is 1.86 bits per heavy atom. The minimum absolute atomic E-state index is 0.528. The van der Waals surface area contributed by atoms with Crippen LogP contribution < -0.4 is 10.6 Å². The third kappa shape index (κ3) is 4.83. The van der Waals surface area contributed by atoms with Crippen LogP contribution in [0.25, 0.3) is 0 Å². The molecular formula is C16H17Cl2N3S. The number of nitrogens with zero attached hydrogens (tertiary/aromatic N) is 1. The molecule has 0 saturated carbocycles. The number of aryl methyl sites for hydroxylation is 2. The van der Waals surface area contributed by atoms with Gasteiger partial charge in [-0.05, 0) is 67.9 Å². The zero-order valence-corrected chi connectivity index (χ0v) is 14.7. The van der Waals surface area contributed by atoms with Gasteiger partial charge in [-0.2, -0.15) is 0 Å². The summed E-state index contributed by atoms with van der Waals surface area (Å²) in [5, 5.41) is 8.09. The van der Waals surface area contributed by atoms with Crippen LogP contribution in [0.3, 0.4) is 0 Å². The summed E-state index contributed by atoms with van der Waals surface area (Å²) in [6.07, 6.45) is 0.695. The number of nitrogens with one attached hydrogen (secondary N) is 2. The maximum atomic E-state index is 6.14. The largest absolute Gasteiger partial charge is 0.362 e. The van der Waals surface area contributed by atoms with E-state index in [4.69, 9.17) is 35.4 Å². The SMILES string of the molecule is Cc1cc(C)nc(NC(=S)NCCc2c(Cl)cccc2Cl)c1. The predicted octanol–water partition coefficient (Wildman–Crippen LogP) is 4.53. The first-order valence-electron chi connectivity index (χ1n) is 6.89. The quantitative estimate of drug-likeness (QED) is 0.791. The Labute approximate surface area is 146 Å². The first-order valence-corrected chi connectivity index (χ1v) is 8.05. The average molecular weight is 354 g/mol. The van der Waals surface area contributed by atoms with Gasteiger partial charge in [0.05, 0.1) is 0 Å². The van der Waals surface area contributed by atoms with Crippen LogP contribution >= 0.6 is 35.4 Å². The Bertz CT molecular complexity index is 649. The zero-order chi connectivity index (χ0) is 16.1. The number of rotatable bonds is 4. The normalized spacial score (nSPS) is 10.4. The Morgan fingerprint density at radius 3 is 2.50 bits per heavy atom. The predicted molar refractivity (Wildman–Crippen MR) is 98.1 cm³/mol. The molecule has 0 saturated heterocycles. The summed E-state index contributed by atoms with van der Waals surface area (Å²) in [4.78, 5) is 4.39. The van der Waals surface area contributed by atoms with Gasteiger partial charge in [-0.15, -0.1) is 0 Å². The molecule has 0 bridgehead atoms. The average Bonchev–Trinajstić information content (AvgIpc) is 2.41. The molecule has 116 valence electrons. The summed E-state index contributed by atoms with van der Waals surface area (Å²) in [6, 6.07) is 9.46. The summed E-state index contributed by atoms with van der Waals surface area (Å²) in [5.41, 5.74) is 3.01. The van der Waals surface area contributed by atoms with Crippen molar-refractivity contribution in [3.05, 3.63) is 57.2 Å². The van der Waals surface area contributed by atoms with Gasteiger partial charge in [0.25, 0.3) is 0 Å². The lowest BCUT2D eigenvalue weighted by Gasteiger charge is -2.12. The highest BCUT2D eigenvalue weighted by atomic mass is 35.5. The number of pyridine rings is 1. The zero-order valence-electron chi connectivity index (χ0n) is 12.4. The lowest BCUT2D eigenvalue weighted by Crippen LogP contribution is -2.30. The van der Waals surface area contributed by atoms with Crippen LogP contribution in [0.1, 0.15) is 16.8 Å². The highest BCUT2D eigenvalue weighted by Crippen LogP contribution is 2.24. The van der Waals surface area contributed by atoms with Crippen molar-refractivity contribution in [2.24, 2.45) is 0 Å². The molecule has 0 unspecified atom stereocenters. The van der Waals surface area contributed by atoms with E-state index in [0.717, 1.165) is 22.6 Å². The molecule has 3 nitrogen and oxygen atoms in total. The second-order valence-corrected chi connectivity index (χ2v) is 6.22. The number of hydrogen-bond donors (Lipinski definition) is 2. The van der Waals surface area contributed by atoms with E-state index in [0.29, 0.717) is 28.1 Å². The molecule has 2 N–H and O–H groups in total. The summed E-state index contributed by atoms with van der Waals surface area (Å²) >= 11 is 17.6. The van der Waals surface area contributed by atoms with Gasteiger partial charge in [0.1, 0.15) is 5.82 Å². The summed E-state index contributed by atoms with van der Waals surface area (Å²) in [7, 11) is 0. The van der Waals surface area contributed by atoms with Gasteiger partial charge in [0.2, 0.25) is 0 Å². The molecule has 0 amide bonds. The molecule has 0 radical (unpaired) electrons. The molecule has 2 aromatic rings. The minimum Gasteiger partial charge on any atom is -0.362 e. The molecule has 2 rings (SSSR count). The first kappa shape index (κ1) is 17.0. The van der Waals surface area contributed by atoms with E-state index < -0.39 is 0 Å². The molecule has 22 heavy (non-hydrogen) atoms. The van der Waals surface area contributed by atoms with E-state index in [-0.39, 0.29) is 0 Å². The van der Waals surface area contributed by atoms with E-state index in [9.17, 15) is 0 Å². The van der Waals surface area contributed by atoms with Crippen molar-refractivity contribution in [1.29, 1.82) is 0 Å². The van der Waals surface area contributed by atoms with Crippen molar-refractivity contribution in [1.82, 2.24) is 10.3 Å². The van der Waals surface area contributed by atoms with Gasteiger partial charge < -0.3 is 10.6 Å². The van der Waals surface area contributed by atoms with Gasteiger partial charge in [-0.3, -0.25) is 0 Å². The number of aromatic nitrogens is 1. The number of hydrogen-bond acceptors (Lipinski definition) is 2. The van der Waals surface area contributed by atoms with Crippen molar-refractivity contribution in [3.8, 4) is 0 Å². The molecule has 0 fully saturated rings. The maximum absolute atomic E-state index is 6.14. The van der Waals surface area contributed by atoms with Crippen molar-refractivity contribution < 1.29 is 0 Å². The molecule has 0 aliphatic rings. The lowest BCUT2D eigenvalue weighted by atomic mass is 10.1. The Kier molecular flexibility index (Phi) is 6.00. The molecule has 6 heteroatoms. The third-order valence-corrected chi connectivity index (χ3v) is 4.02. The Hall–Kier alpha value is -1.36. The molecule has 0 aliphatic heterocycles. The highest BCUT2D eigenvalue weighted by Gasteiger charge is 2.06. The number of thiocarbonyl (C=S) groups is 1. The van der Waals surface area contributed by atoms with Crippen LogP contribution in [-0.4, -0.2) is 16.6 Å². The number of anilines is 1. The van der Waals surface area contributed by atoms with E-state index >= 15 is 0 Å². The van der Waals surface area contributed by atoms with Crippen molar-refractivity contribution >= 4 is 46.4 Å². The van der Waals surface area contributed by atoms with E-state index in [1.54, 1.807) is 0 Å². The highest BCUT2D eigenvalue weighted by molar-refractivity contribution is 7.80. The fraction of sp³-hybridized carbons (Fsp3) is 0.250. The summed E-state index contributed by atoms with van der Waals surface area (Å²) < 4.78 is 0. The number of halogens is 2. The molecule has 0 spiro atoms. The van der Waals surface area contributed by atoms with Crippen LogP contribution in [0.2, 0.25) is 10.0 Å². The first-order chi connectivity index (χ1) is 10.5. The topological polar surface area (TPSA) is 37.0 Å². The van der Waals surface area contributed by atoms with Crippen molar-refractivity contribution in [2.45, 2.75) is 20.3 Å². The molecule has 0 aliphatic carbocycles. The van der Waals surface area contributed by atoms with E-state index in [2.05, 4.69) is 15.6 Å². The van der Waals surface area contributed by atoms with Gasteiger partial charge in [-0.1, -0.05) is 29.3 Å². The smallest absolute Gasteiger partial charge is 0.171 e. The van der Waals surface area contributed by atoms with Gasteiger partial charge in [0, 0.05) is 22.3 Å². The summed E-state index contributed by atoms with van der Waals surface area (Å²) in [5.74, 6) is 0.741. The fourth-order valence-corrected chi connectivity index (χ4v) is 2.93. The molecule has 1 aromatic heterocycles. The van der Waals surface area contributed by atoms with Crippen LogP contribution in [0, 0.1) is 13.8 Å². The third-order valence-electron chi connectivity index (χ3n) is 3.06. The van der Waals surface area contributed by atoms with Crippen LogP contribution in [-0.2, 0) is 6.42 Å². The Balaban J connectivity index is 1.88. The number of benzene rings is 1. The van der Waals surface area contributed by atoms with Gasteiger partial charge >= 0.3 is 0 Å². The van der Waals surface area contributed by atoms with Gasteiger partial charge in [-0.25, -0.2) is 4.98 Å². The van der Waals surface area contributed by atoms with Crippen LogP contribution in [0.15, 0.2) is 30.3 Å². The van der Waals surface area contributed by atoms with Crippen molar-refractivity contribution in [2.75, 3.05) is 11.9 Å². The van der Waals surface area contributed by atoms with Gasteiger partial charge in [0.15, 0.2) is 5.11 Å². The standard InChI is InChI=1S/C16H17Cl2N3S/c1-10-8-11(2)20-15(9-10)21-16(22)19-7-6-12-13(17)4-3-5-14(12)18/h3-5,8-9H,6-7H2,1-2H3,(H2,19,20,21,22). The lowest BCUT2D eigenvalue weighted by molar-refractivity contribution is 0.873. The van der Waals surface area contributed by atoms with E-state index in [1.807, 2.05) is 44.2 Å². The molecular weight excluding hydrogens is 337 g/mol.